The fraction of sp³-hybridized carbons (Fsp3) is 0.250. The molecule has 0 aliphatic rings. The molecule has 9 nitrogen and oxygen atoms in total. The van der Waals surface area contributed by atoms with Gasteiger partial charge in [-0.15, -0.1) is 11.3 Å². The number of carbonyl (C=O) groups is 3. The van der Waals surface area contributed by atoms with Gasteiger partial charge in [-0.1, -0.05) is 18.2 Å². The van der Waals surface area contributed by atoms with Crippen molar-refractivity contribution in [1.29, 1.82) is 0 Å². The Morgan fingerprint density at radius 1 is 0.971 bits per heavy atom. The van der Waals surface area contributed by atoms with Crippen LogP contribution in [0.4, 0.5) is 5.69 Å². The van der Waals surface area contributed by atoms with Crippen LogP contribution >= 0.6 is 11.3 Å². The molecule has 3 aromatic rings. The molecule has 0 bridgehead atoms. The van der Waals surface area contributed by atoms with Crippen LogP contribution in [0.2, 0.25) is 0 Å². The van der Waals surface area contributed by atoms with Crippen molar-refractivity contribution in [1.82, 2.24) is 4.98 Å². The van der Waals surface area contributed by atoms with Crippen LogP contribution in [0, 0.1) is 0 Å². The Labute approximate surface area is 200 Å². The quantitative estimate of drug-likeness (QED) is 0.402. The molecule has 2 aromatic carbocycles. The summed E-state index contributed by atoms with van der Waals surface area (Å²) in [6, 6.07) is 13.9. The number of amides is 1. The molecule has 0 saturated carbocycles. The first kappa shape index (κ1) is 24.7. The second-order valence-electron chi connectivity index (χ2n) is 6.80. The first-order chi connectivity index (χ1) is 16.5. The fourth-order valence-corrected chi connectivity index (χ4v) is 3.80. The van der Waals surface area contributed by atoms with Gasteiger partial charge in [0, 0.05) is 16.6 Å². The number of esters is 2. The number of nitrogens with zero attached hydrogens (tertiary/aromatic N) is 2. The zero-order valence-electron chi connectivity index (χ0n) is 19.0. The first-order valence-electron chi connectivity index (χ1n) is 10.3. The second-order valence-corrected chi connectivity index (χ2v) is 7.66. The highest BCUT2D eigenvalue weighted by molar-refractivity contribution is 7.13. The molecule has 0 unspecified atom stereocenters. The lowest BCUT2D eigenvalue weighted by Gasteiger charge is -2.21. The minimum absolute atomic E-state index is 0.0687. The van der Waals surface area contributed by atoms with Gasteiger partial charge in [-0.25, -0.2) is 9.78 Å². The van der Waals surface area contributed by atoms with Crippen molar-refractivity contribution in [2.24, 2.45) is 0 Å². The van der Waals surface area contributed by atoms with Crippen LogP contribution in [-0.4, -0.2) is 56.8 Å². The number of aromatic nitrogens is 1. The third kappa shape index (κ3) is 6.10. The van der Waals surface area contributed by atoms with Gasteiger partial charge in [0.25, 0.3) is 5.91 Å². The summed E-state index contributed by atoms with van der Waals surface area (Å²) < 4.78 is 20.7. The van der Waals surface area contributed by atoms with Gasteiger partial charge >= 0.3 is 11.9 Å². The van der Waals surface area contributed by atoms with Gasteiger partial charge < -0.3 is 18.9 Å². The molecule has 3 rings (SSSR count). The zero-order valence-corrected chi connectivity index (χ0v) is 19.8. The Balaban J connectivity index is 1.68. The number of ether oxygens (including phenoxy) is 4. The van der Waals surface area contributed by atoms with Gasteiger partial charge in [-0.05, 0) is 37.3 Å². The molecule has 34 heavy (non-hydrogen) atoms. The van der Waals surface area contributed by atoms with Crippen LogP contribution in [0.3, 0.4) is 0 Å². The Bertz CT molecular complexity index is 1150. The van der Waals surface area contributed by atoms with E-state index in [1.807, 2.05) is 0 Å². The summed E-state index contributed by atoms with van der Waals surface area (Å²) >= 11 is 1.25. The minimum atomic E-state index is -0.750. The molecule has 0 N–H and O–H groups in total. The van der Waals surface area contributed by atoms with E-state index in [2.05, 4.69) is 4.98 Å². The van der Waals surface area contributed by atoms with Crippen molar-refractivity contribution in [2.75, 3.05) is 38.9 Å². The van der Waals surface area contributed by atoms with Gasteiger partial charge in [0.1, 0.15) is 11.6 Å². The van der Waals surface area contributed by atoms with Crippen molar-refractivity contribution in [2.45, 2.75) is 6.92 Å². The number of benzene rings is 2. The molecule has 10 heteroatoms. The summed E-state index contributed by atoms with van der Waals surface area (Å²) in [4.78, 5) is 42.8. The molecule has 0 fully saturated rings. The lowest BCUT2D eigenvalue weighted by Crippen LogP contribution is -2.39. The van der Waals surface area contributed by atoms with E-state index in [1.54, 1.807) is 67.9 Å². The maximum atomic E-state index is 12.8. The molecule has 1 amide bonds. The largest absolute Gasteiger partial charge is 0.493 e. The van der Waals surface area contributed by atoms with Crippen molar-refractivity contribution in [3.63, 3.8) is 0 Å². The summed E-state index contributed by atoms with van der Waals surface area (Å²) in [6.07, 6.45) is 0. The van der Waals surface area contributed by atoms with Gasteiger partial charge in [0.2, 0.25) is 0 Å². The zero-order chi connectivity index (χ0) is 24.5. The summed E-state index contributed by atoms with van der Waals surface area (Å²) in [5.74, 6) is -0.771. The van der Waals surface area contributed by atoms with Crippen LogP contribution in [0.15, 0.2) is 53.9 Å². The monoisotopic (exact) mass is 484 g/mol. The molecule has 1 heterocycles. The molecule has 0 radical (unpaired) electrons. The average molecular weight is 485 g/mol. The fourth-order valence-electron chi connectivity index (χ4n) is 3.02. The van der Waals surface area contributed by atoms with Crippen molar-refractivity contribution in [3.8, 4) is 22.1 Å². The topological polar surface area (TPSA) is 104 Å². The molecule has 178 valence electrons. The summed E-state index contributed by atoms with van der Waals surface area (Å²) in [5, 5.41) is 2.12. The summed E-state index contributed by atoms with van der Waals surface area (Å²) in [6.45, 7) is 1.01. The minimum Gasteiger partial charge on any atom is -0.493 e. The molecule has 0 saturated heterocycles. The number of thiazole rings is 1. The molecular weight excluding hydrogens is 460 g/mol. The normalized spacial score (nSPS) is 10.3. The van der Waals surface area contributed by atoms with Crippen molar-refractivity contribution in [3.05, 3.63) is 59.6 Å². The Morgan fingerprint density at radius 3 is 2.38 bits per heavy atom. The van der Waals surface area contributed by atoms with Crippen LogP contribution < -0.4 is 14.4 Å². The molecule has 1 aromatic heterocycles. The van der Waals surface area contributed by atoms with E-state index in [-0.39, 0.29) is 18.8 Å². The van der Waals surface area contributed by atoms with E-state index in [0.717, 1.165) is 5.56 Å². The third-order valence-corrected chi connectivity index (χ3v) is 5.52. The van der Waals surface area contributed by atoms with Gasteiger partial charge in [-0.3, -0.25) is 14.5 Å². The highest BCUT2D eigenvalue weighted by Crippen LogP contribution is 2.33. The van der Waals surface area contributed by atoms with E-state index in [4.69, 9.17) is 18.9 Å². The average Bonchev–Trinajstić information content (AvgIpc) is 3.36. The summed E-state index contributed by atoms with van der Waals surface area (Å²) in [7, 11) is 3.08. The van der Waals surface area contributed by atoms with Crippen LogP contribution in [0.25, 0.3) is 10.6 Å². The highest BCUT2D eigenvalue weighted by Gasteiger charge is 2.22. The van der Waals surface area contributed by atoms with Crippen molar-refractivity contribution < 1.29 is 33.3 Å². The molecule has 0 atom stereocenters. The number of carbonyl (C=O) groups excluding carboxylic acids is 3. The van der Waals surface area contributed by atoms with E-state index < -0.39 is 24.5 Å². The lowest BCUT2D eigenvalue weighted by molar-refractivity contribution is -0.142. The number of rotatable bonds is 10. The van der Waals surface area contributed by atoms with Gasteiger partial charge in [-0.2, -0.15) is 0 Å². The predicted molar refractivity (Wildman–Crippen MR) is 126 cm³/mol. The smallest absolute Gasteiger partial charge is 0.358 e. The maximum Gasteiger partial charge on any atom is 0.358 e. The Kier molecular flexibility index (Phi) is 8.58. The SMILES string of the molecule is CCOC(=O)CN(C(=O)COC(=O)c1csc(-c2ccc(OC)c(OC)c2)n1)c1ccccc1. The molecular formula is C24H24N2O7S. The van der Waals surface area contributed by atoms with Crippen LogP contribution in [0.5, 0.6) is 11.5 Å². The number of hydrogen-bond acceptors (Lipinski definition) is 9. The molecule has 0 aliphatic heterocycles. The van der Waals surface area contributed by atoms with E-state index in [9.17, 15) is 14.4 Å². The Hall–Kier alpha value is -3.92. The van der Waals surface area contributed by atoms with Crippen LogP contribution in [-0.2, 0) is 19.1 Å². The maximum absolute atomic E-state index is 12.8. The standard InChI is InChI=1S/C24H24N2O7S/c1-4-32-22(28)13-26(17-8-6-5-7-9-17)21(27)14-33-24(29)18-15-34-23(25-18)16-10-11-19(30-2)20(12-16)31-3/h5-12,15H,4,13-14H2,1-3H3. The van der Waals surface area contributed by atoms with Crippen LogP contribution in [0.1, 0.15) is 17.4 Å². The number of methoxy groups -OCH3 is 2. The molecule has 0 spiro atoms. The van der Waals surface area contributed by atoms with Crippen molar-refractivity contribution >= 4 is 34.9 Å². The number of hydrogen-bond donors (Lipinski definition) is 0. The Morgan fingerprint density at radius 2 is 1.71 bits per heavy atom. The second kappa shape index (κ2) is 11.8. The van der Waals surface area contributed by atoms with E-state index in [1.165, 1.54) is 23.3 Å². The lowest BCUT2D eigenvalue weighted by atomic mass is 10.2. The first-order valence-corrected chi connectivity index (χ1v) is 11.2. The third-order valence-electron chi connectivity index (χ3n) is 4.63. The summed E-state index contributed by atoms with van der Waals surface area (Å²) in [5.41, 5.74) is 1.29. The van der Waals surface area contributed by atoms with E-state index in [0.29, 0.717) is 22.2 Å². The predicted octanol–water partition coefficient (Wildman–Crippen LogP) is 3.58. The van der Waals surface area contributed by atoms with Gasteiger partial charge in [0.05, 0.1) is 20.8 Å². The molecule has 0 aliphatic carbocycles. The van der Waals surface area contributed by atoms with E-state index >= 15 is 0 Å². The number of anilines is 1. The number of para-hydroxylation sites is 1. The highest BCUT2D eigenvalue weighted by atomic mass is 32.1. The van der Waals surface area contributed by atoms with Gasteiger partial charge in [0.15, 0.2) is 23.8 Å².